The van der Waals surface area contributed by atoms with Crippen LogP contribution in [0, 0.1) is 0 Å². The third-order valence-electron chi connectivity index (χ3n) is 4.06. The first kappa shape index (κ1) is 27.5. The van der Waals surface area contributed by atoms with Gasteiger partial charge in [-0.15, -0.1) is 0 Å². The summed E-state index contributed by atoms with van der Waals surface area (Å²) in [5, 5.41) is 0. The largest absolute Gasteiger partial charge is 0.494 e. The number of carbonyl (C=O) groups is 2. The van der Waals surface area contributed by atoms with E-state index in [1.807, 2.05) is 31.2 Å². The maximum atomic E-state index is 11.5. The molecule has 0 unspecified atom stereocenters. The molecule has 0 radical (unpaired) electrons. The van der Waals surface area contributed by atoms with Gasteiger partial charge in [0.15, 0.2) is 0 Å². The molecule has 8 nitrogen and oxygen atoms in total. The van der Waals surface area contributed by atoms with E-state index in [1.165, 1.54) is 0 Å². The van der Waals surface area contributed by atoms with Crippen molar-refractivity contribution >= 4 is 11.9 Å². The van der Waals surface area contributed by atoms with Gasteiger partial charge in [0.1, 0.15) is 24.7 Å². The van der Waals surface area contributed by atoms with Crippen LogP contribution in [0.3, 0.4) is 0 Å². The minimum absolute atomic E-state index is 0.174. The molecule has 0 aliphatic heterocycles. The second-order valence-electron chi connectivity index (χ2n) is 6.93. The molecule has 0 aliphatic carbocycles. The minimum Gasteiger partial charge on any atom is -0.494 e. The summed E-state index contributed by atoms with van der Waals surface area (Å²) in [6.45, 7) is 10.6. The Morgan fingerprint density at radius 1 is 0.750 bits per heavy atom. The second kappa shape index (κ2) is 18.0. The zero-order valence-corrected chi connectivity index (χ0v) is 19.3. The predicted molar refractivity (Wildman–Crippen MR) is 120 cm³/mol. The van der Waals surface area contributed by atoms with E-state index in [2.05, 4.69) is 6.58 Å². The summed E-state index contributed by atoms with van der Waals surface area (Å²) in [4.78, 5) is 22.7. The van der Waals surface area contributed by atoms with Gasteiger partial charge in [0.25, 0.3) is 0 Å². The van der Waals surface area contributed by atoms with Gasteiger partial charge in [-0.2, -0.15) is 0 Å². The fraction of sp³-hybridized carbons (Fsp3) is 0.583. The molecule has 0 saturated heterocycles. The summed E-state index contributed by atoms with van der Waals surface area (Å²) in [5.41, 5.74) is 0.338. The van der Waals surface area contributed by atoms with E-state index in [0.717, 1.165) is 24.3 Å². The number of benzene rings is 1. The van der Waals surface area contributed by atoms with E-state index in [0.29, 0.717) is 51.6 Å². The molecule has 0 saturated carbocycles. The topological polar surface area (TPSA) is 89.5 Å². The highest BCUT2D eigenvalue weighted by Gasteiger charge is 2.06. The minimum atomic E-state index is -0.450. The van der Waals surface area contributed by atoms with Crippen molar-refractivity contribution < 1.29 is 38.0 Å². The number of ether oxygens (including phenoxy) is 6. The zero-order valence-electron chi connectivity index (χ0n) is 19.3. The van der Waals surface area contributed by atoms with Crippen molar-refractivity contribution in [2.24, 2.45) is 0 Å². The maximum absolute atomic E-state index is 11.5. The van der Waals surface area contributed by atoms with Crippen molar-refractivity contribution in [1.82, 2.24) is 0 Å². The van der Waals surface area contributed by atoms with E-state index >= 15 is 0 Å². The van der Waals surface area contributed by atoms with E-state index < -0.39 is 5.97 Å². The standard InChI is InChI=1S/C24H36O8/c1-4-29-21-9-11-22(12-10-21)30-18-16-27-13-5-6-14-28-17-19-31-23(25)8-7-15-32-24(26)20(2)3/h9-12H,2,4-8,13-19H2,1,3H3. The first-order valence-electron chi connectivity index (χ1n) is 11.0. The van der Waals surface area contributed by atoms with Gasteiger partial charge >= 0.3 is 11.9 Å². The van der Waals surface area contributed by atoms with E-state index in [4.69, 9.17) is 28.4 Å². The number of rotatable bonds is 19. The molecule has 0 atom stereocenters. The van der Waals surface area contributed by atoms with Gasteiger partial charge in [-0.05, 0) is 57.4 Å². The fourth-order valence-corrected chi connectivity index (χ4v) is 2.42. The molecule has 0 amide bonds. The maximum Gasteiger partial charge on any atom is 0.333 e. The van der Waals surface area contributed by atoms with E-state index in [9.17, 15) is 9.59 Å². The van der Waals surface area contributed by atoms with Crippen molar-refractivity contribution in [2.75, 3.05) is 52.9 Å². The normalized spacial score (nSPS) is 10.4. The lowest BCUT2D eigenvalue weighted by molar-refractivity contribution is -0.147. The number of unbranched alkanes of at least 4 members (excludes halogenated alkanes) is 1. The number of esters is 2. The summed E-state index contributed by atoms with van der Waals surface area (Å²) in [6.07, 6.45) is 2.36. The van der Waals surface area contributed by atoms with E-state index in [-0.39, 0.29) is 25.6 Å². The lowest BCUT2D eigenvalue weighted by Crippen LogP contribution is -2.13. The lowest BCUT2D eigenvalue weighted by Gasteiger charge is -2.09. The molecule has 0 spiro atoms. The highest BCUT2D eigenvalue weighted by molar-refractivity contribution is 5.86. The summed E-state index contributed by atoms with van der Waals surface area (Å²) in [7, 11) is 0. The quantitative estimate of drug-likeness (QED) is 0.178. The Labute approximate surface area is 190 Å². The van der Waals surface area contributed by atoms with Gasteiger partial charge in [-0.25, -0.2) is 4.79 Å². The van der Waals surface area contributed by atoms with Gasteiger partial charge in [-0.1, -0.05) is 6.58 Å². The van der Waals surface area contributed by atoms with Gasteiger partial charge in [0.05, 0.1) is 26.4 Å². The van der Waals surface area contributed by atoms with Crippen LogP contribution < -0.4 is 9.47 Å². The Morgan fingerprint density at radius 3 is 1.94 bits per heavy atom. The molecular formula is C24H36O8. The summed E-state index contributed by atoms with van der Waals surface area (Å²) in [5.74, 6) is 0.836. The molecule has 8 heteroatoms. The molecule has 1 rings (SSSR count). The smallest absolute Gasteiger partial charge is 0.333 e. The van der Waals surface area contributed by atoms with Crippen LogP contribution in [0.4, 0.5) is 0 Å². The van der Waals surface area contributed by atoms with Gasteiger partial charge < -0.3 is 28.4 Å². The van der Waals surface area contributed by atoms with Gasteiger partial charge in [-0.3, -0.25) is 4.79 Å². The number of hydrogen-bond acceptors (Lipinski definition) is 8. The van der Waals surface area contributed by atoms with Crippen LogP contribution in [-0.4, -0.2) is 64.8 Å². The zero-order chi connectivity index (χ0) is 23.4. The molecule has 0 fully saturated rings. The van der Waals surface area contributed by atoms with Crippen LogP contribution in [0.5, 0.6) is 11.5 Å². The van der Waals surface area contributed by atoms with Crippen molar-refractivity contribution in [3.8, 4) is 11.5 Å². The second-order valence-corrected chi connectivity index (χ2v) is 6.93. The monoisotopic (exact) mass is 452 g/mol. The average Bonchev–Trinajstić information content (AvgIpc) is 2.78. The highest BCUT2D eigenvalue weighted by Crippen LogP contribution is 2.17. The Bertz CT molecular complexity index is 656. The predicted octanol–water partition coefficient (Wildman–Crippen LogP) is 3.72. The van der Waals surface area contributed by atoms with Crippen LogP contribution in [0.1, 0.15) is 39.5 Å². The summed E-state index contributed by atoms with van der Waals surface area (Å²) in [6, 6.07) is 7.51. The van der Waals surface area contributed by atoms with Crippen LogP contribution in [0.15, 0.2) is 36.4 Å². The molecule has 180 valence electrons. The fourth-order valence-electron chi connectivity index (χ4n) is 2.42. The summed E-state index contributed by atoms with van der Waals surface area (Å²) < 4.78 is 31.9. The molecular weight excluding hydrogens is 416 g/mol. The van der Waals surface area contributed by atoms with E-state index in [1.54, 1.807) is 6.92 Å². The molecule has 0 N–H and O–H groups in total. The van der Waals surface area contributed by atoms with Gasteiger partial charge in [0, 0.05) is 25.2 Å². The summed E-state index contributed by atoms with van der Waals surface area (Å²) >= 11 is 0. The third kappa shape index (κ3) is 14.4. The Kier molecular flexibility index (Phi) is 15.5. The van der Waals surface area contributed by atoms with Gasteiger partial charge in [0.2, 0.25) is 0 Å². The van der Waals surface area contributed by atoms with Crippen LogP contribution in [-0.2, 0) is 28.5 Å². The first-order chi connectivity index (χ1) is 15.5. The van der Waals surface area contributed by atoms with Crippen molar-refractivity contribution in [2.45, 2.75) is 39.5 Å². The molecule has 1 aromatic rings. The first-order valence-corrected chi connectivity index (χ1v) is 11.0. The molecule has 1 aromatic carbocycles. The average molecular weight is 453 g/mol. The van der Waals surface area contributed by atoms with Crippen LogP contribution in [0.25, 0.3) is 0 Å². The molecule has 0 bridgehead atoms. The number of hydrogen-bond donors (Lipinski definition) is 0. The number of carbonyl (C=O) groups excluding carboxylic acids is 2. The van der Waals surface area contributed by atoms with Crippen LogP contribution in [0.2, 0.25) is 0 Å². The molecule has 0 aliphatic rings. The molecule has 0 aromatic heterocycles. The van der Waals surface area contributed by atoms with Crippen molar-refractivity contribution in [1.29, 1.82) is 0 Å². The Balaban J connectivity index is 1.84. The molecule has 32 heavy (non-hydrogen) atoms. The Hall–Kier alpha value is -2.58. The van der Waals surface area contributed by atoms with Crippen molar-refractivity contribution in [3.05, 3.63) is 36.4 Å². The van der Waals surface area contributed by atoms with Crippen LogP contribution >= 0.6 is 0 Å². The Morgan fingerprint density at radius 2 is 1.34 bits per heavy atom. The highest BCUT2D eigenvalue weighted by atomic mass is 16.6. The lowest BCUT2D eigenvalue weighted by atomic mass is 10.3. The van der Waals surface area contributed by atoms with Crippen molar-refractivity contribution in [3.63, 3.8) is 0 Å². The third-order valence-corrected chi connectivity index (χ3v) is 4.06. The molecule has 0 heterocycles. The SMILES string of the molecule is C=C(C)C(=O)OCCCC(=O)OCCOCCCCOCCOc1ccc(OCC)cc1.